The third-order valence-electron chi connectivity index (χ3n) is 3.32. The van der Waals surface area contributed by atoms with Crippen LogP contribution in [-0.4, -0.2) is 25.2 Å². The fourth-order valence-corrected chi connectivity index (χ4v) is 2.06. The molecule has 0 saturated carbocycles. The quantitative estimate of drug-likeness (QED) is 0.304. The summed E-state index contributed by atoms with van der Waals surface area (Å²) in [7, 11) is 0. The molecule has 0 amide bonds. The van der Waals surface area contributed by atoms with Crippen LogP contribution < -0.4 is 0 Å². The highest BCUT2D eigenvalue weighted by atomic mass is 16.6. The molecule has 4 heteroatoms. The summed E-state index contributed by atoms with van der Waals surface area (Å²) in [5.41, 5.74) is 0.434. The summed E-state index contributed by atoms with van der Waals surface area (Å²) in [4.78, 5) is 22.2. The first kappa shape index (κ1) is 20.7. The molecule has 0 aliphatic carbocycles. The van der Waals surface area contributed by atoms with Crippen LogP contribution in [0.25, 0.3) is 0 Å². The Balaban J connectivity index is 3.32. The monoisotopic (exact) mass is 312 g/mol. The number of ether oxygens (including phenoxy) is 2. The van der Waals surface area contributed by atoms with Gasteiger partial charge in [-0.15, -0.1) is 0 Å². The van der Waals surface area contributed by atoms with Gasteiger partial charge in [-0.1, -0.05) is 59.5 Å². The molecule has 0 spiro atoms. The van der Waals surface area contributed by atoms with E-state index in [9.17, 15) is 9.59 Å². The molecule has 0 fully saturated rings. The summed E-state index contributed by atoms with van der Waals surface area (Å²) < 4.78 is 9.68. The van der Waals surface area contributed by atoms with Gasteiger partial charge in [0.25, 0.3) is 0 Å². The molecule has 0 heterocycles. The van der Waals surface area contributed by atoms with E-state index >= 15 is 0 Å². The van der Waals surface area contributed by atoms with Crippen molar-refractivity contribution in [2.75, 3.05) is 13.2 Å². The maximum atomic E-state index is 11.4. The van der Waals surface area contributed by atoms with Gasteiger partial charge in [0.05, 0.1) is 0 Å². The number of carbonyl (C=O) groups is 2. The van der Waals surface area contributed by atoms with Gasteiger partial charge < -0.3 is 9.47 Å². The Morgan fingerprint density at radius 3 is 2.05 bits per heavy atom. The summed E-state index contributed by atoms with van der Waals surface area (Å²) in [5, 5.41) is 0. The largest absolute Gasteiger partial charge is 0.462 e. The topological polar surface area (TPSA) is 52.6 Å². The first-order valence-electron chi connectivity index (χ1n) is 8.30. The van der Waals surface area contributed by atoms with Crippen LogP contribution in [0.15, 0.2) is 12.7 Å². The Hall–Kier alpha value is -1.32. The van der Waals surface area contributed by atoms with Gasteiger partial charge in [0.1, 0.15) is 13.2 Å². The zero-order valence-corrected chi connectivity index (χ0v) is 14.5. The van der Waals surface area contributed by atoms with E-state index in [1.54, 1.807) is 0 Å². The van der Waals surface area contributed by atoms with Crippen molar-refractivity contribution < 1.29 is 19.1 Å². The Labute approximate surface area is 135 Å². The van der Waals surface area contributed by atoms with Gasteiger partial charge in [0, 0.05) is 12.5 Å². The van der Waals surface area contributed by atoms with E-state index in [4.69, 9.17) is 9.47 Å². The van der Waals surface area contributed by atoms with Gasteiger partial charge in [0.2, 0.25) is 0 Å². The lowest BCUT2D eigenvalue weighted by atomic mass is 9.89. The first-order chi connectivity index (χ1) is 10.3. The van der Waals surface area contributed by atoms with E-state index in [-0.39, 0.29) is 19.2 Å². The van der Waals surface area contributed by atoms with Crippen LogP contribution in [0, 0.1) is 5.41 Å². The molecule has 0 aliphatic heterocycles. The second-order valence-corrected chi connectivity index (χ2v) is 6.77. The number of carbonyl (C=O) groups excluding carboxylic acids is 2. The summed E-state index contributed by atoms with van der Waals surface area (Å²) in [6.07, 6.45) is 9.71. The van der Waals surface area contributed by atoms with E-state index in [0.29, 0.717) is 11.8 Å². The fraction of sp³-hybridized carbons (Fsp3) is 0.778. The van der Waals surface area contributed by atoms with Crippen molar-refractivity contribution in [1.29, 1.82) is 0 Å². The standard InChI is InChI=1S/C18H32O4/c1-5-16(19)21-14-15-22-17(20)12-10-8-6-7-9-11-13-18(2,3)4/h5H,1,6-15H2,2-4H3. The van der Waals surface area contributed by atoms with Crippen LogP contribution in [0.3, 0.4) is 0 Å². The Morgan fingerprint density at radius 2 is 1.45 bits per heavy atom. The molecule has 0 unspecified atom stereocenters. The number of esters is 2. The highest BCUT2D eigenvalue weighted by molar-refractivity contribution is 5.81. The summed E-state index contributed by atoms with van der Waals surface area (Å²) in [6.45, 7) is 10.3. The highest BCUT2D eigenvalue weighted by Crippen LogP contribution is 2.22. The van der Waals surface area contributed by atoms with Crippen molar-refractivity contribution in [3.05, 3.63) is 12.7 Å². The molecule has 0 radical (unpaired) electrons. The predicted octanol–water partition coefficient (Wildman–Crippen LogP) is 4.43. The molecule has 22 heavy (non-hydrogen) atoms. The number of rotatable bonds is 12. The molecule has 0 bridgehead atoms. The van der Waals surface area contributed by atoms with Gasteiger partial charge in [-0.2, -0.15) is 0 Å². The number of hydrogen-bond acceptors (Lipinski definition) is 4. The molecule has 0 saturated heterocycles. The van der Waals surface area contributed by atoms with Crippen molar-refractivity contribution in [1.82, 2.24) is 0 Å². The van der Waals surface area contributed by atoms with Crippen molar-refractivity contribution >= 4 is 11.9 Å². The van der Waals surface area contributed by atoms with E-state index in [1.807, 2.05) is 0 Å². The average molecular weight is 312 g/mol. The molecule has 4 nitrogen and oxygen atoms in total. The maximum absolute atomic E-state index is 11.4. The van der Waals surface area contributed by atoms with E-state index < -0.39 is 5.97 Å². The third kappa shape index (κ3) is 15.1. The molecule has 0 aliphatic rings. The molecule has 0 atom stereocenters. The van der Waals surface area contributed by atoms with Gasteiger partial charge in [-0.3, -0.25) is 4.79 Å². The minimum absolute atomic E-state index is 0.0877. The lowest BCUT2D eigenvalue weighted by Gasteiger charge is -2.17. The molecule has 0 aromatic rings. The lowest BCUT2D eigenvalue weighted by Crippen LogP contribution is -2.12. The summed E-state index contributed by atoms with van der Waals surface area (Å²) in [6, 6.07) is 0. The van der Waals surface area contributed by atoms with Crippen LogP contribution in [0.4, 0.5) is 0 Å². The third-order valence-corrected chi connectivity index (χ3v) is 3.32. The summed E-state index contributed by atoms with van der Waals surface area (Å²) >= 11 is 0. The van der Waals surface area contributed by atoms with Gasteiger partial charge in [0.15, 0.2) is 0 Å². The minimum Gasteiger partial charge on any atom is -0.462 e. The molecular formula is C18H32O4. The predicted molar refractivity (Wildman–Crippen MR) is 88.5 cm³/mol. The van der Waals surface area contributed by atoms with Crippen LogP contribution in [0.2, 0.25) is 0 Å². The van der Waals surface area contributed by atoms with Gasteiger partial charge in [-0.05, 0) is 18.3 Å². The molecule has 0 rings (SSSR count). The van der Waals surface area contributed by atoms with E-state index in [2.05, 4.69) is 27.4 Å². The first-order valence-corrected chi connectivity index (χ1v) is 8.30. The molecule has 0 aromatic heterocycles. The van der Waals surface area contributed by atoms with Crippen molar-refractivity contribution in [2.45, 2.75) is 72.1 Å². The van der Waals surface area contributed by atoms with Crippen LogP contribution in [-0.2, 0) is 19.1 Å². The minimum atomic E-state index is -0.498. The smallest absolute Gasteiger partial charge is 0.330 e. The molecule has 0 N–H and O–H groups in total. The molecule has 0 aromatic carbocycles. The maximum Gasteiger partial charge on any atom is 0.330 e. The van der Waals surface area contributed by atoms with Crippen LogP contribution in [0.1, 0.15) is 72.1 Å². The van der Waals surface area contributed by atoms with Crippen molar-refractivity contribution in [3.8, 4) is 0 Å². The summed E-state index contributed by atoms with van der Waals surface area (Å²) in [5.74, 6) is -0.718. The van der Waals surface area contributed by atoms with E-state index in [0.717, 1.165) is 18.9 Å². The SMILES string of the molecule is C=CC(=O)OCCOC(=O)CCCCCCCCC(C)(C)C. The normalized spacial score (nSPS) is 11.0. The van der Waals surface area contributed by atoms with Crippen LogP contribution >= 0.6 is 0 Å². The van der Waals surface area contributed by atoms with E-state index in [1.165, 1.54) is 32.1 Å². The number of unbranched alkanes of at least 4 members (excludes halogenated alkanes) is 5. The van der Waals surface area contributed by atoms with Crippen molar-refractivity contribution in [3.63, 3.8) is 0 Å². The van der Waals surface area contributed by atoms with Gasteiger partial charge >= 0.3 is 11.9 Å². The second-order valence-electron chi connectivity index (χ2n) is 6.77. The van der Waals surface area contributed by atoms with Gasteiger partial charge in [-0.25, -0.2) is 4.79 Å². The highest BCUT2D eigenvalue weighted by Gasteiger charge is 2.08. The molecular weight excluding hydrogens is 280 g/mol. The number of hydrogen-bond donors (Lipinski definition) is 0. The van der Waals surface area contributed by atoms with Crippen LogP contribution in [0.5, 0.6) is 0 Å². The molecule has 128 valence electrons. The zero-order valence-electron chi connectivity index (χ0n) is 14.5. The Morgan fingerprint density at radius 1 is 0.909 bits per heavy atom. The zero-order chi connectivity index (χ0) is 16.8. The lowest BCUT2D eigenvalue weighted by molar-refractivity contribution is -0.149. The Kier molecular flexibility index (Phi) is 11.5. The average Bonchev–Trinajstić information content (AvgIpc) is 2.44. The second kappa shape index (κ2) is 12.2. The Bertz CT molecular complexity index is 328. The van der Waals surface area contributed by atoms with Crippen molar-refractivity contribution in [2.24, 2.45) is 5.41 Å². The fourth-order valence-electron chi connectivity index (χ4n) is 2.06.